The van der Waals surface area contributed by atoms with Crippen molar-refractivity contribution >= 4 is 0 Å². The van der Waals surface area contributed by atoms with Crippen LogP contribution in [0.4, 0.5) is 0 Å². The summed E-state index contributed by atoms with van der Waals surface area (Å²) in [5, 5.41) is 18.0. The minimum Gasteiger partial charge on any atom is -0.396 e. The first kappa shape index (κ1) is 11.9. The van der Waals surface area contributed by atoms with Crippen LogP contribution in [0.3, 0.4) is 0 Å². The summed E-state index contributed by atoms with van der Waals surface area (Å²) < 4.78 is 0. The maximum Gasteiger partial charge on any atom is 0.0506 e. The van der Waals surface area contributed by atoms with E-state index in [0.717, 1.165) is 12.8 Å². The van der Waals surface area contributed by atoms with Gasteiger partial charge in [-0.3, -0.25) is 0 Å². The molecule has 0 aromatic heterocycles. The predicted molar refractivity (Wildman–Crippen MR) is 51.0 cm³/mol. The van der Waals surface area contributed by atoms with Gasteiger partial charge in [-0.05, 0) is 18.3 Å². The maximum absolute atomic E-state index is 9.02. The maximum atomic E-state index is 9.02. The highest BCUT2D eigenvalue weighted by molar-refractivity contribution is 4.75. The number of hydrogen-bond acceptors (Lipinski definition) is 2. The molecule has 0 heterocycles. The van der Waals surface area contributed by atoms with E-state index >= 15 is 0 Å². The lowest BCUT2D eigenvalue weighted by Crippen LogP contribution is -2.27. The average molecular weight is 174 g/mol. The molecule has 0 saturated carbocycles. The second-order valence-corrected chi connectivity index (χ2v) is 5.19. The number of aliphatic hydroxyl groups is 2. The first-order valence-corrected chi connectivity index (χ1v) is 4.55. The monoisotopic (exact) mass is 174 g/mol. The highest BCUT2D eigenvalue weighted by atomic mass is 16.3. The number of aliphatic hydroxyl groups excluding tert-OH is 2. The van der Waals surface area contributed by atoms with Crippen molar-refractivity contribution in [3.8, 4) is 0 Å². The summed E-state index contributed by atoms with van der Waals surface area (Å²) in [5.41, 5.74) is -0.0150. The van der Waals surface area contributed by atoms with Crippen LogP contribution in [0, 0.1) is 10.8 Å². The van der Waals surface area contributed by atoms with Crippen LogP contribution in [0.2, 0.25) is 0 Å². The topological polar surface area (TPSA) is 40.5 Å². The lowest BCUT2D eigenvalue weighted by atomic mass is 9.80. The van der Waals surface area contributed by atoms with Crippen molar-refractivity contribution in [2.24, 2.45) is 10.8 Å². The van der Waals surface area contributed by atoms with Crippen molar-refractivity contribution in [1.82, 2.24) is 0 Å². The predicted octanol–water partition coefficient (Wildman–Crippen LogP) is 1.80. The van der Waals surface area contributed by atoms with E-state index in [4.69, 9.17) is 10.2 Å². The molecule has 0 radical (unpaired) electrons. The van der Waals surface area contributed by atoms with Crippen molar-refractivity contribution in [2.45, 2.75) is 40.5 Å². The second-order valence-electron chi connectivity index (χ2n) is 5.19. The summed E-state index contributed by atoms with van der Waals surface area (Å²) in [5.74, 6) is 0. The third kappa shape index (κ3) is 4.73. The Morgan fingerprint density at radius 2 is 1.25 bits per heavy atom. The fraction of sp³-hybridized carbons (Fsp3) is 1.00. The smallest absolute Gasteiger partial charge is 0.0506 e. The van der Waals surface area contributed by atoms with Gasteiger partial charge < -0.3 is 10.2 Å². The molecule has 0 aliphatic heterocycles. The van der Waals surface area contributed by atoms with Gasteiger partial charge in [0.25, 0.3) is 0 Å². The molecule has 0 rings (SSSR count). The van der Waals surface area contributed by atoms with Gasteiger partial charge in [-0.25, -0.2) is 0 Å². The molecule has 0 aromatic rings. The van der Waals surface area contributed by atoms with E-state index in [2.05, 4.69) is 20.8 Å². The fourth-order valence-electron chi connectivity index (χ4n) is 0.885. The zero-order valence-corrected chi connectivity index (χ0v) is 8.72. The Hall–Kier alpha value is -0.0800. The molecule has 0 atom stereocenters. The van der Waals surface area contributed by atoms with Crippen LogP contribution in [-0.2, 0) is 0 Å². The van der Waals surface area contributed by atoms with Crippen molar-refractivity contribution < 1.29 is 10.2 Å². The minimum absolute atomic E-state index is 0.0690. The van der Waals surface area contributed by atoms with Gasteiger partial charge in [0.1, 0.15) is 0 Å². The summed E-state index contributed by atoms with van der Waals surface area (Å²) in [7, 11) is 0. The third-order valence-corrected chi connectivity index (χ3v) is 2.24. The average Bonchev–Trinajstić information content (AvgIpc) is 1.99. The Morgan fingerprint density at radius 1 is 0.833 bits per heavy atom. The van der Waals surface area contributed by atoms with Gasteiger partial charge in [-0.2, -0.15) is 0 Å². The molecule has 0 aliphatic carbocycles. The fourth-order valence-corrected chi connectivity index (χ4v) is 0.885. The highest BCUT2D eigenvalue weighted by Gasteiger charge is 2.24. The summed E-state index contributed by atoms with van der Waals surface area (Å²) in [6.45, 7) is 8.56. The van der Waals surface area contributed by atoms with E-state index in [0.29, 0.717) is 0 Å². The summed E-state index contributed by atoms with van der Waals surface area (Å²) in [4.78, 5) is 0. The molecule has 0 spiro atoms. The van der Waals surface area contributed by atoms with Crippen LogP contribution in [0.25, 0.3) is 0 Å². The van der Waals surface area contributed by atoms with Gasteiger partial charge in [-0.1, -0.05) is 27.7 Å². The van der Waals surface area contributed by atoms with Crippen molar-refractivity contribution in [3.05, 3.63) is 0 Å². The van der Waals surface area contributed by atoms with E-state index in [-0.39, 0.29) is 24.0 Å². The molecule has 0 unspecified atom stereocenters. The van der Waals surface area contributed by atoms with Crippen LogP contribution < -0.4 is 0 Å². The van der Waals surface area contributed by atoms with Gasteiger partial charge in [0.15, 0.2) is 0 Å². The molecule has 0 aliphatic rings. The molecule has 2 nitrogen and oxygen atoms in total. The van der Waals surface area contributed by atoms with Crippen LogP contribution in [-0.4, -0.2) is 23.4 Å². The molecule has 0 amide bonds. The molecule has 74 valence electrons. The number of hydrogen-bond donors (Lipinski definition) is 2. The van der Waals surface area contributed by atoms with Crippen molar-refractivity contribution in [2.75, 3.05) is 13.2 Å². The van der Waals surface area contributed by atoms with Crippen LogP contribution in [0.5, 0.6) is 0 Å². The zero-order valence-electron chi connectivity index (χ0n) is 8.72. The molecule has 0 aromatic carbocycles. The molecule has 0 fully saturated rings. The highest BCUT2D eigenvalue weighted by Crippen LogP contribution is 2.29. The third-order valence-electron chi connectivity index (χ3n) is 2.24. The Bertz CT molecular complexity index is 120. The van der Waals surface area contributed by atoms with Gasteiger partial charge in [0.05, 0.1) is 13.2 Å². The molecule has 0 bridgehead atoms. The number of rotatable bonds is 4. The van der Waals surface area contributed by atoms with Crippen molar-refractivity contribution in [3.63, 3.8) is 0 Å². The first-order chi connectivity index (χ1) is 5.33. The molecule has 12 heavy (non-hydrogen) atoms. The Balaban J connectivity index is 3.89. The lowest BCUT2D eigenvalue weighted by molar-refractivity contribution is 0.0532. The minimum atomic E-state index is -0.298. The molecule has 2 N–H and O–H groups in total. The van der Waals surface area contributed by atoms with Crippen LogP contribution >= 0.6 is 0 Å². The first-order valence-electron chi connectivity index (χ1n) is 4.55. The van der Waals surface area contributed by atoms with Gasteiger partial charge in [0.2, 0.25) is 0 Å². The van der Waals surface area contributed by atoms with Gasteiger partial charge >= 0.3 is 0 Å². The molecular weight excluding hydrogens is 152 g/mol. The van der Waals surface area contributed by atoms with Gasteiger partial charge in [-0.15, -0.1) is 0 Å². The molecule has 0 saturated heterocycles. The molecule has 2 heteroatoms. The quantitative estimate of drug-likeness (QED) is 0.682. The molecular formula is C10H22O2. The zero-order chi connectivity index (χ0) is 9.83. The second kappa shape index (κ2) is 4.24. The Kier molecular flexibility index (Phi) is 4.21. The van der Waals surface area contributed by atoms with E-state index in [1.165, 1.54) is 0 Å². The largest absolute Gasteiger partial charge is 0.396 e. The van der Waals surface area contributed by atoms with E-state index < -0.39 is 0 Å². The van der Waals surface area contributed by atoms with E-state index in [1.807, 2.05) is 6.92 Å². The Labute approximate surface area is 75.6 Å². The lowest BCUT2D eigenvalue weighted by Gasteiger charge is -2.28. The SMILES string of the molecule is CC(C)(C)CCC(C)(CO)CO. The summed E-state index contributed by atoms with van der Waals surface area (Å²) in [6.07, 6.45) is 1.91. The standard InChI is InChI=1S/C10H22O2/c1-9(2,3)5-6-10(4,7-11)8-12/h11-12H,5-8H2,1-4H3. The van der Waals surface area contributed by atoms with Gasteiger partial charge in [0, 0.05) is 5.41 Å². The normalized spacial score (nSPS) is 13.5. The van der Waals surface area contributed by atoms with E-state index in [9.17, 15) is 0 Å². The summed E-state index contributed by atoms with van der Waals surface area (Å²) in [6, 6.07) is 0. The Morgan fingerprint density at radius 3 is 1.50 bits per heavy atom. The van der Waals surface area contributed by atoms with Crippen LogP contribution in [0.15, 0.2) is 0 Å². The van der Waals surface area contributed by atoms with E-state index in [1.54, 1.807) is 0 Å². The van der Waals surface area contributed by atoms with Crippen LogP contribution in [0.1, 0.15) is 40.5 Å². The van der Waals surface area contributed by atoms with Crippen molar-refractivity contribution in [1.29, 1.82) is 0 Å². The summed E-state index contributed by atoms with van der Waals surface area (Å²) >= 11 is 0.